The van der Waals surface area contributed by atoms with Gasteiger partial charge in [-0.1, -0.05) is 54.2 Å². The van der Waals surface area contributed by atoms with Gasteiger partial charge in [0.15, 0.2) is 0 Å². The van der Waals surface area contributed by atoms with E-state index < -0.39 is 0 Å². The van der Waals surface area contributed by atoms with Crippen LogP contribution in [0.1, 0.15) is 58.2 Å². The highest BCUT2D eigenvalue weighted by molar-refractivity contribution is 5.82. The molecule has 0 bridgehead atoms. The van der Waals surface area contributed by atoms with Gasteiger partial charge in [0.25, 0.3) is 0 Å². The number of benzene rings is 1. The van der Waals surface area contributed by atoms with Gasteiger partial charge in [0.05, 0.1) is 5.69 Å². The zero-order valence-corrected chi connectivity index (χ0v) is 14.4. The summed E-state index contributed by atoms with van der Waals surface area (Å²) in [5.74, 6) is 0. The average molecular weight is 271 g/mol. The SMILES string of the molecule is C=C(/C=N\c1cc(C(C)(C)C)c(C)cc1C)C(C)(C)C. The van der Waals surface area contributed by atoms with Crippen molar-refractivity contribution in [2.24, 2.45) is 10.4 Å². The Hall–Kier alpha value is -1.37. The number of aliphatic imine (C=N–C) groups is 1. The van der Waals surface area contributed by atoms with E-state index in [9.17, 15) is 0 Å². The molecule has 0 radical (unpaired) electrons. The number of nitrogens with zero attached hydrogens (tertiary/aromatic N) is 1. The third-order valence-corrected chi connectivity index (χ3v) is 3.67. The third-order valence-electron chi connectivity index (χ3n) is 3.67. The minimum Gasteiger partial charge on any atom is -0.256 e. The first-order chi connectivity index (χ1) is 8.93. The van der Waals surface area contributed by atoms with Crippen molar-refractivity contribution < 1.29 is 0 Å². The first-order valence-electron chi connectivity index (χ1n) is 7.28. The van der Waals surface area contributed by atoms with Crippen LogP contribution in [0.25, 0.3) is 0 Å². The van der Waals surface area contributed by atoms with Crippen LogP contribution in [0.4, 0.5) is 5.69 Å². The second-order valence-corrected chi connectivity index (χ2v) is 7.74. The van der Waals surface area contributed by atoms with Gasteiger partial charge in [-0.2, -0.15) is 0 Å². The average Bonchev–Trinajstić information content (AvgIpc) is 2.24. The molecule has 0 aliphatic heterocycles. The molecule has 0 atom stereocenters. The summed E-state index contributed by atoms with van der Waals surface area (Å²) in [6.07, 6.45) is 1.91. The van der Waals surface area contributed by atoms with E-state index in [2.05, 4.69) is 79.1 Å². The Balaban J connectivity index is 3.21. The van der Waals surface area contributed by atoms with Crippen molar-refractivity contribution in [3.63, 3.8) is 0 Å². The minimum absolute atomic E-state index is 0.0644. The van der Waals surface area contributed by atoms with E-state index in [1.54, 1.807) is 0 Å². The maximum absolute atomic E-state index is 4.66. The van der Waals surface area contributed by atoms with Crippen LogP contribution in [-0.2, 0) is 5.41 Å². The van der Waals surface area contributed by atoms with Gasteiger partial charge in [-0.25, -0.2) is 0 Å². The summed E-state index contributed by atoms with van der Waals surface area (Å²) in [5, 5.41) is 0. The van der Waals surface area contributed by atoms with Crippen LogP contribution in [0.5, 0.6) is 0 Å². The summed E-state index contributed by atoms with van der Waals surface area (Å²) in [6.45, 7) is 21.6. The largest absolute Gasteiger partial charge is 0.256 e. The molecule has 0 saturated carbocycles. The van der Waals surface area contributed by atoms with Crippen LogP contribution in [0.2, 0.25) is 0 Å². The molecule has 0 aliphatic carbocycles. The molecule has 0 saturated heterocycles. The Labute approximate surface area is 124 Å². The first-order valence-corrected chi connectivity index (χ1v) is 7.28. The van der Waals surface area contributed by atoms with Gasteiger partial charge in [0, 0.05) is 6.21 Å². The molecule has 0 fully saturated rings. The lowest BCUT2D eigenvalue weighted by atomic mass is 9.83. The second kappa shape index (κ2) is 5.55. The van der Waals surface area contributed by atoms with Crippen LogP contribution >= 0.6 is 0 Å². The minimum atomic E-state index is 0.0644. The van der Waals surface area contributed by atoms with Crippen molar-refractivity contribution in [2.45, 2.75) is 60.8 Å². The molecule has 110 valence electrons. The Kier molecular flexibility index (Phi) is 4.63. The summed E-state index contributed by atoms with van der Waals surface area (Å²) in [4.78, 5) is 4.66. The van der Waals surface area contributed by atoms with Gasteiger partial charge >= 0.3 is 0 Å². The topological polar surface area (TPSA) is 12.4 Å². The zero-order chi connectivity index (χ0) is 15.7. The van der Waals surface area contributed by atoms with Crippen molar-refractivity contribution in [3.05, 3.63) is 41.0 Å². The fraction of sp³-hybridized carbons (Fsp3) is 0.526. The molecule has 0 heterocycles. The Morgan fingerprint density at radius 1 is 1.00 bits per heavy atom. The van der Waals surface area contributed by atoms with E-state index >= 15 is 0 Å². The first kappa shape index (κ1) is 16.7. The van der Waals surface area contributed by atoms with Gasteiger partial charge in [-0.3, -0.25) is 4.99 Å². The van der Waals surface area contributed by atoms with Crippen molar-refractivity contribution in [2.75, 3.05) is 0 Å². The van der Waals surface area contributed by atoms with Crippen molar-refractivity contribution in [3.8, 4) is 0 Å². The molecule has 1 heteroatoms. The van der Waals surface area contributed by atoms with Crippen molar-refractivity contribution in [1.82, 2.24) is 0 Å². The molecule has 0 aliphatic rings. The zero-order valence-electron chi connectivity index (χ0n) is 14.4. The molecule has 1 rings (SSSR count). The monoisotopic (exact) mass is 271 g/mol. The lowest BCUT2D eigenvalue weighted by Gasteiger charge is -2.23. The van der Waals surface area contributed by atoms with Crippen LogP contribution in [0.3, 0.4) is 0 Å². The number of rotatable bonds is 2. The fourth-order valence-electron chi connectivity index (χ4n) is 2.13. The number of hydrogen-bond acceptors (Lipinski definition) is 1. The van der Waals surface area contributed by atoms with Crippen LogP contribution < -0.4 is 0 Å². The molecular formula is C19H29N. The molecule has 0 N–H and O–H groups in total. The Bertz CT molecular complexity index is 534. The maximum Gasteiger partial charge on any atom is 0.0662 e. The summed E-state index contributed by atoms with van der Waals surface area (Å²) in [6, 6.07) is 4.45. The molecular weight excluding hydrogens is 242 g/mol. The summed E-state index contributed by atoms with van der Waals surface area (Å²) in [5.41, 5.74) is 6.22. The number of allylic oxidation sites excluding steroid dienone is 1. The second-order valence-electron chi connectivity index (χ2n) is 7.74. The highest BCUT2D eigenvalue weighted by Gasteiger charge is 2.18. The maximum atomic E-state index is 4.66. The quantitative estimate of drug-likeness (QED) is 0.593. The van der Waals surface area contributed by atoms with Gasteiger partial charge in [-0.05, 0) is 53.0 Å². The highest BCUT2D eigenvalue weighted by Crippen LogP contribution is 2.32. The van der Waals surface area contributed by atoms with Crippen molar-refractivity contribution in [1.29, 1.82) is 0 Å². The van der Waals surface area contributed by atoms with Crippen LogP contribution in [-0.4, -0.2) is 6.21 Å². The normalized spacial score (nSPS) is 13.0. The third kappa shape index (κ3) is 4.06. The van der Waals surface area contributed by atoms with E-state index in [0.29, 0.717) is 0 Å². The molecule has 1 aromatic carbocycles. The summed E-state index contributed by atoms with van der Waals surface area (Å²) in [7, 11) is 0. The molecule has 0 aromatic heterocycles. The predicted octanol–water partition coefficient (Wildman–Crippen LogP) is 5.91. The fourth-order valence-corrected chi connectivity index (χ4v) is 2.13. The highest BCUT2D eigenvalue weighted by atomic mass is 14.7. The van der Waals surface area contributed by atoms with E-state index in [1.165, 1.54) is 16.7 Å². The smallest absolute Gasteiger partial charge is 0.0662 e. The van der Waals surface area contributed by atoms with Crippen LogP contribution in [0.15, 0.2) is 29.3 Å². The standard InChI is InChI=1S/C19H29N/c1-13-10-14(2)17(11-16(13)19(7,8)9)20-12-15(3)18(4,5)6/h10-12H,3H2,1-2,4-9H3/b20-12-. The van der Waals surface area contributed by atoms with E-state index in [0.717, 1.165) is 11.3 Å². The van der Waals surface area contributed by atoms with E-state index in [1.807, 2.05) is 6.21 Å². The van der Waals surface area contributed by atoms with E-state index in [-0.39, 0.29) is 10.8 Å². The summed E-state index contributed by atoms with van der Waals surface area (Å²) >= 11 is 0. The Morgan fingerprint density at radius 3 is 2.00 bits per heavy atom. The predicted molar refractivity (Wildman–Crippen MR) is 91.4 cm³/mol. The molecule has 0 amide bonds. The lowest BCUT2D eigenvalue weighted by molar-refractivity contribution is 0.528. The molecule has 1 aromatic rings. The van der Waals surface area contributed by atoms with Gasteiger partial charge in [0.1, 0.15) is 0 Å². The molecule has 0 spiro atoms. The summed E-state index contributed by atoms with van der Waals surface area (Å²) < 4.78 is 0. The lowest BCUT2D eigenvalue weighted by Crippen LogP contribution is -2.13. The van der Waals surface area contributed by atoms with Gasteiger partial charge in [-0.15, -0.1) is 0 Å². The number of hydrogen-bond donors (Lipinski definition) is 0. The van der Waals surface area contributed by atoms with Crippen LogP contribution in [0, 0.1) is 19.3 Å². The van der Waals surface area contributed by atoms with Crippen molar-refractivity contribution >= 4 is 11.9 Å². The Morgan fingerprint density at radius 2 is 1.55 bits per heavy atom. The molecule has 1 nitrogen and oxygen atoms in total. The number of aryl methyl sites for hydroxylation is 2. The van der Waals surface area contributed by atoms with Gasteiger partial charge in [0.2, 0.25) is 0 Å². The molecule has 20 heavy (non-hydrogen) atoms. The van der Waals surface area contributed by atoms with Gasteiger partial charge < -0.3 is 0 Å². The molecule has 0 unspecified atom stereocenters. The van der Waals surface area contributed by atoms with E-state index in [4.69, 9.17) is 0 Å².